The van der Waals surface area contributed by atoms with Crippen LogP contribution in [0.4, 0.5) is 4.79 Å². The lowest BCUT2D eigenvalue weighted by molar-refractivity contribution is -0.145. The number of nitrogens with zero attached hydrogens (tertiary/aromatic N) is 2. The first kappa shape index (κ1) is 16.0. The van der Waals surface area contributed by atoms with Crippen LogP contribution in [0.15, 0.2) is 0 Å². The molecule has 1 N–H and O–H groups in total. The second kappa shape index (κ2) is 6.60. The molecule has 0 unspecified atom stereocenters. The Bertz CT molecular complexity index is 551. The van der Waals surface area contributed by atoms with E-state index in [4.69, 9.17) is 6.42 Å². The molecule has 1 heterocycles. The van der Waals surface area contributed by atoms with E-state index in [9.17, 15) is 19.2 Å². The number of carbonyl (C=O) groups is 4. The molecule has 0 spiro atoms. The van der Waals surface area contributed by atoms with Gasteiger partial charge in [-0.15, -0.1) is 6.42 Å². The molecule has 1 aliphatic carbocycles. The summed E-state index contributed by atoms with van der Waals surface area (Å²) in [5.74, 6) is 0.0315. The maximum absolute atomic E-state index is 12.4. The van der Waals surface area contributed by atoms with Gasteiger partial charge in [0.15, 0.2) is 0 Å². The van der Waals surface area contributed by atoms with Crippen LogP contribution in [0.3, 0.4) is 0 Å². The Kier molecular flexibility index (Phi) is 4.81. The molecule has 118 valence electrons. The van der Waals surface area contributed by atoms with Crippen LogP contribution >= 0.6 is 0 Å². The predicted octanol–water partition coefficient (Wildman–Crippen LogP) is 0.105. The molecular weight excluding hydrogens is 286 g/mol. The minimum absolute atomic E-state index is 0.00632. The topological polar surface area (TPSA) is 86.8 Å². The van der Waals surface area contributed by atoms with E-state index in [0.717, 1.165) is 24.2 Å². The van der Waals surface area contributed by atoms with Gasteiger partial charge in [0.05, 0.1) is 6.54 Å². The minimum atomic E-state index is -0.946. The third-order valence-electron chi connectivity index (χ3n) is 4.17. The summed E-state index contributed by atoms with van der Waals surface area (Å²) in [4.78, 5) is 49.8. The molecule has 2 aliphatic rings. The maximum atomic E-state index is 12.4. The van der Waals surface area contributed by atoms with E-state index >= 15 is 0 Å². The first-order valence-electron chi connectivity index (χ1n) is 7.36. The zero-order valence-electron chi connectivity index (χ0n) is 12.5. The molecule has 22 heavy (non-hydrogen) atoms. The van der Waals surface area contributed by atoms with Crippen molar-refractivity contribution in [3.63, 3.8) is 0 Å². The molecule has 7 heteroatoms. The molecular formula is C15H19N3O4. The van der Waals surface area contributed by atoms with Crippen LogP contribution in [-0.4, -0.2) is 52.7 Å². The summed E-state index contributed by atoms with van der Waals surface area (Å²) in [6.07, 6.45) is 8.61. The zero-order valence-corrected chi connectivity index (χ0v) is 12.5. The van der Waals surface area contributed by atoms with Crippen molar-refractivity contribution in [2.45, 2.75) is 38.6 Å². The Hall–Kier alpha value is -2.36. The summed E-state index contributed by atoms with van der Waals surface area (Å²) in [5, 5.41) is 2.37. The highest BCUT2D eigenvalue weighted by Crippen LogP contribution is 2.31. The fourth-order valence-electron chi connectivity index (χ4n) is 2.98. The van der Waals surface area contributed by atoms with Crippen molar-refractivity contribution in [2.24, 2.45) is 5.92 Å². The van der Waals surface area contributed by atoms with Gasteiger partial charge in [0.25, 0.3) is 0 Å². The average molecular weight is 305 g/mol. The van der Waals surface area contributed by atoms with Gasteiger partial charge in [0.1, 0.15) is 6.54 Å². The molecule has 2 atom stereocenters. The monoisotopic (exact) mass is 305 g/mol. The lowest BCUT2D eigenvalue weighted by atomic mass is 9.85. The largest absolute Gasteiger partial charge is 0.344 e. The summed E-state index contributed by atoms with van der Waals surface area (Å²) < 4.78 is 0. The van der Waals surface area contributed by atoms with Gasteiger partial charge in [0, 0.05) is 6.04 Å². The summed E-state index contributed by atoms with van der Waals surface area (Å²) in [7, 11) is 0. The number of nitrogens with one attached hydrogen (secondary N) is 1. The summed E-state index contributed by atoms with van der Waals surface area (Å²) in [6, 6.07) is -0.971. The SMILES string of the molecule is C#CCNC(=O)CN1C(=O)C(=O)N([C@@H]2CCCC[C@H]2C)C1=O. The molecule has 2 fully saturated rings. The van der Waals surface area contributed by atoms with Crippen molar-refractivity contribution in [1.29, 1.82) is 0 Å². The molecule has 0 radical (unpaired) electrons. The molecule has 0 aromatic rings. The molecule has 0 aromatic heterocycles. The van der Waals surface area contributed by atoms with Gasteiger partial charge in [0.2, 0.25) is 5.91 Å². The van der Waals surface area contributed by atoms with E-state index in [1.807, 2.05) is 6.92 Å². The number of amides is 5. The normalized spacial score (nSPS) is 25.4. The van der Waals surface area contributed by atoms with E-state index < -0.39 is 30.3 Å². The third kappa shape index (κ3) is 2.96. The first-order chi connectivity index (χ1) is 10.5. The lowest BCUT2D eigenvalue weighted by Gasteiger charge is -2.34. The Morgan fingerprint density at radius 3 is 2.59 bits per heavy atom. The van der Waals surface area contributed by atoms with E-state index in [-0.39, 0.29) is 18.5 Å². The number of hydrogen-bond acceptors (Lipinski definition) is 4. The third-order valence-corrected chi connectivity index (χ3v) is 4.17. The van der Waals surface area contributed by atoms with Crippen LogP contribution in [0, 0.1) is 18.3 Å². The summed E-state index contributed by atoms with van der Waals surface area (Å²) in [6.45, 7) is 1.49. The quantitative estimate of drug-likeness (QED) is 0.453. The molecule has 1 saturated heterocycles. The fraction of sp³-hybridized carbons (Fsp3) is 0.600. The first-order valence-corrected chi connectivity index (χ1v) is 7.36. The number of carbonyl (C=O) groups excluding carboxylic acids is 4. The van der Waals surface area contributed by atoms with Crippen molar-refractivity contribution in [2.75, 3.05) is 13.1 Å². The Labute approximate surface area is 129 Å². The van der Waals surface area contributed by atoms with E-state index in [2.05, 4.69) is 11.2 Å². The predicted molar refractivity (Wildman–Crippen MR) is 77.2 cm³/mol. The number of urea groups is 1. The van der Waals surface area contributed by atoms with Crippen molar-refractivity contribution in [1.82, 2.24) is 15.1 Å². The molecule has 1 aliphatic heterocycles. The lowest BCUT2D eigenvalue weighted by Crippen LogP contribution is -2.47. The van der Waals surface area contributed by atoms with Gasteiger partial charge < -0.3 is 5.32 Å². The average Bonchev–Trinajstić information content (AvgIpc) is 2.70. The van der Waals surface area contributed by atoms with Gasteiger partial charge in [-0.3, -0.25) is 19.3 Å². The Morgan fingerprint density at radius 1 is 1.27 bits per heavy atom. The molecule has 0 bridgehead atoms. The fourth-order valence-corrected chi connectivity index (χ4v) is 2.98. The molecule has 1 saturated carbocycles. The summed E-state index contributed by atoms with van der Waals surface area (Å²) in [5.41, 5.74) is 0. The number of hydrogen-bond donors (Lipinski definition) is 1. The van der Waals surface area contributed by atoms with Crippen LogP contribution < -0.4 is 5.32 Å². The van der Waals surface area contributed by atoms with Gasteiger partial charge in [-0.2, -0.15) is 0 Å². The molecule has 0 aromatic carbocycles. The van der Waals surface area contributed by atoms with Crippen LogP contribution in [0.5, 0.6) is 0 Å². The standard InChI is InChI=1S/C15H19N3O4/c1-3-8-16-12(19)9-17-13(20)14(21)18(15(17)22)11-7-5-4-6-10(11)2/h1,10-11H,4-9H2,2H3,(H,16,19)/t10-,11-/m1/s1. The second-order valence-corrected chi connectivity index (χ2v) is 5.66. The van der Waals surface area contributed by atoms with Crippen LogP contribution in [0.25, 0.3) is 0 Å². The minimum Gasteiger partial charge on any atom is -0.344 e. The Morgan fingerprint density at radius 2 is 1.95 bits per heavy atom. The van der Waals surface area contributed by atoms with Gasteiger partial charge in [-0.05, 0) is 18.8 Å². The van der Waals surface area contributed by atoms with Gasteiger partial charge in [-0.25, -0.2) is 9.69 Å². The number of imide groups is 2. The smallest absolute Gasteiger partial charge is 0.334 e. The maximum Gasteiger partial charge on any atom is 0.334 e. The van der Waals surface area contributed by atoms with Crippen molar-refractivity contribution >= 4 is 23.8 Å². The van der Waals surface area contributed by atoms with Crippen molar-refractivity contribution in [3.8, 4) is 12.3 Å². The summed E-state index contributed by atoms with van der Waals surface area (Å²) >= 11 is 0. The van der Waals surface area contributed by atoms with Crippen LogP contribution in [0.1, 0.15) is 32.6 Å². The second-order valence-electron chi connectivity index (χ2n) is 5.66. The van der Waals surface area contributed by atoms with Crippen LogP contribution in [0.2, 0.25) is 0 Å². The van der Waals surface area contributed by atoms with Gasteiger partial charge in [-0.1, -0.05) is 25.7 Å². The zero-order chi connectivity index (χ0) is 16.3. The van der Waals surface area contributed by atoms with Crippen molar-refractivity contribution in [3.05, 3.63) is 0 Å². The van der Waals surface area contributed by atoms with E-state index in [1.54, 1.807) is 0 Å². The highest BCUT2D eigenvalue weighted by Gasteiger charge is 2.49. The number of rotatable bonds is 4. The highest BCUT2D eigenvalue weighted by atomic mass is 16.2. The number of terminal acetylenes is 1. The molecule has 2 rings (SSSR count). The molecule has 7 nitrogen and oxygen atoms in total. The van der Waals surface area contributed by atoms with Gasteiger partial charge >= 0.3 is 17.8 Å². The van der Waals surface area contributed by atoms with Crippen LogP contribution in [-0.2, 0) is 14.4 Å². The highest BCUT2D eigenvalue weighted by molar-refractivity contribution is 6.45. The Balaban J connectivity index is 2.10. The van der Waals surface area contributed by atoms with E-state index in [1.165, 1.54) is 0 Å². The van der Waals surface area contributed by atoms with E-state index in [0.29, 0.717) is 11.3 Å². The molecule has 5 amide bonds. The van der Waals surface area contributed by atoms with Crippen molar-refractivity contribution < 1.29 is 19.2 Å².